The molecule has 0 radical (unpaired) electrons. The van der Waals surface area contributed by atoms with Crippen molar-refractivity contribution < 1.29 is 0 Å². The van der Waals surface area contributed by atoms with Crippen molar-refractivity contribution in [2.24, 2.45) is 11.3 Å². The maximum atomic E-state index is 4.63. The van der Waals surface area contributed by atoms with E-state index < -0.39 is 0 Å². The third-order valence-electron chi connectivity index (χ3n) is 3.59. The molecule has 0 saturated heterocycles. The van der Waals surface area contributed by atoms with Gasteiger partial charge < -0.3 is 4.90 Å². The van der Waals surface area contributed by atoms with Crippen LogP contribution in [0.4, 0.5) is 0 Å². The fraction of sp³-hybridized carbons (Fsp3) is 1.00. The minimum atomic E-state index is 0.443. The molecule has 0 heterocycles. The van der Waals surface area contributed by atoms with Crippen LogP contribution in [0.1, 0.15) is 59.8 Å². The molecule has 104 valence electrons. The van der Waals surface area contributed by atoms with Crippen LogP contribution in [0.15, 0.2) is 0 Å². The van der Waals surface area contributed by atoms with Gasteiger partial charge in [-0.15, -0.1) is 0 Å². The van der Waals surface area contributed by atoms with Crippen LogP contribution in [0, 0.1) is 11.3 Å². The van der Waals surface area contributed by atoms with E-state index in [9.17, 15) is 0 Å². The Morgan fingerprint density at radius 3 is 2.00 bits per heavy atom. The van der Waals surface area contributed by atoms with Crippen LogP contribution in [0.3, 0.4) is 0 Å². The molecule has 0 fully saturated rings. The van der Waals surface area contributed by atoms with Crippen LogP contribution in [0.5, 0.6) is 0 Å². The maximum Gasteiger partial charge on any atom is 0.00427 e. The Bertz CT molecular complexity index is 174. The monoisotopic (exact) mass is 259 g/mol. The van der Waals surface area contributed by atoms with E-state index in [-0.39, 0.29) is 0 Å². The Morgan fingerprint density at radius 2 is 1.65 bits per heavy atom. The largest absolute Gasteiger partial charge is 0.306 e. The molecular weight excluding hydrogens is 226 g/mol. The first-order chi connectivity index (χ1) is 7.99. The second-order valence-electron chi connectivity index (χ2n) is 6.08. The van der Waals surface area contributed by atoms with Crippen molar-refractivity contribution in [2.45, 2.75) is 59.8 Å². The molecule has 0 amide bonds. The number of nitrogens with zero attached hydrogens (tertiary/aromatic N) is 1. The summed E-state index contributed by atoms with van der Waals surface area (Å²) in [6.07, 6.45) is 6.49. The van der Waals surface area contributed by atoms with E-state index in [4.69, 9.17) is 0 Å². The quantitative estimate of drug-likeness (QED) is 0.566. The summed E-state index contributed by atoms with van der Waals surface area (Å²) in [5.74, 6) is 1.83. The molecule has 0 saturated carbocycles. The molecule has 0 aliphatic carbocycles. The minimum Gasteiger partial charge on any atom is -0.306 e. The van der Waals surface area contributed by atoms with Gasteiger partial charge in [0.15, 0.2) is 0 Å². The van der Waals surface area contributed by atoms with E-state index in [1.807, 2.05) is 0 Å². The summed E-state index contributed by atoms with van der Waals surface area (Å²) in [6.45, 7) is 11.6. The Labute approximate surface area is 115 Å². The Hall–Kier alpha value is 0.310. The molecule has 0 aromatic carbocycles. The smallest absolute Gasteiger partial charge is 0.00427 e. The van der Waals surface area contributed by atoms with Crippen LogP contribution in [-0.4, -0.2) is 30.8 Å². The SMILES string of the molecule is CCCC(CS)(CCC)CN(C)CCC(C)C. The lowest BCUT2D eigenvalue weighted by Gasteiger charge is -2.36. The topological polar surface area (TPSA) is 3.24 Å². The highest BCUT2D eigenvalue weighted by Crippen LogP contribution is 2.32. The predicted molar refractivity (Wildman–Crippen MR) is 83.1 cm³/mol. The maximum absolute atomic E-state index is 4.63. The summed E-state index contributed by atoms with van der Waals surface area (Å²) in [4.78, 5) is 2.52. The van der Waals surface area contributed by atoms with Gasteiger partial charge >= 0.3 is 0 Å². The van der Waals surface area contributed by atoms with E-state index >= 15 is 0 Å². The van der Waals surface area contributed by atoms with Gasteiger partial charge in [-0.1, -0.05) is 40.5 Å². The fourth-order valence-electron chi connectivity index (χ4n) is 2.68. The van der Waals surface area contributed by atoms with Gasteiger partial charge in [-0.3, -0.25) is 0 Å². The first kappa shape index (κ1) is 17.3. The Morgan fingerprint density at radius 1 is 1.12 bits per heavy atom. The van der Waals surface area contributed by atoms with Gasteiger partial charge in [0.1, 0.15) is 0 Å². The van der Waals surface area contributed by atoms with Gasteiger partial charge in [0.2, 0.25) is 0 Å². The first-order valence-electron chi connectivity index (χ1n) is 7.29. The van der Waals surface area contributed by atoms with Crippen molar-refractivity contribution in [3.8, 4) is 0 Å². The van der Waals surface area contributed by atoms with Crippen LogP contribution < -0.4 is 0 Å². The molecular formula is C15H33NS. The lowest BCUT2D eigenvalue weighted by atomic mass is 9.80. The van der Waals surface area contributed by atoms with Crippen LogP contribution in [-0.2, 0) is 0 Å². The van der Waals surface area contributed by atoms with Gasteiger partial charge in [0.05, 0.1) is 0 Å². The molecule has 0 atom stereocenters. The van der Waals surface area contributed by atoms with Gasteiger partial charge in [-0.2, -0.15) is 12.6 Å². The van der Waals surface area contributed by atoms with Crippen molar-refractivity contribution in [3.05, 3.63) is 0 Å². The molecule has 0 aliphatic rings. The first-order valence-corrected chi connectivity index (χ1v) is 7.92. The number of hydrogen-bond acceptors (Lipinski definition) is 2. The summed E-state index contributed by atoms with van der Waals surface area (Å²) in [6, 6.07) is 0. The van der Waals surface area contributed by atoms with Crippen molar-refractivity contribution in [2.75, 3.05) is 25.9 Å². The highest BCUT2D eigenvalue weighted by atomic mass is 32.1. The lowest BCUT2D eigenvalue weighted by Crippen LogP contribution is -2.38. The standard InChI is InChI=1S/C15H33NS/c1-6-9-15(13-17,10-7-2)12-16(5)11-8-14(3)4/h14,17H,6-13H2,1-5H3. The van der Waals surface area contributed by atoms with Crippen LogP contribution in [0.2, 0.25) is 0 Å². The summed E-state index contributed by atoms with van der Waals surface area (Å²) in [5, 5.41) is 0. The van der Waals surface area contributed by atoms with Crippen LogP contribution in [0.25, 0.3) is 0 Å². The fourth-order valence-corrected chi connectivity index (χ4v) is 3.10. The zero-order valence-electron chi connectivity index (χ0n) is 12.6. The zero-order chi connectivity index (χ0) is 13.3. The van der Waals surface area contributed by atoms with E-state index in [0.717, 1.165) is 11.7 Å². The summed E-state index contributed by atoms with van der Waals surface area (Å²) in [5.41, 5.74) is 0.443. The van der Waals surface area contributed by atoms with Crippen LogP contribution >= 0.6 is 12.6 Å². The van der Waals surface area contributed by atoms with Gasteiger partial charge in [-0.25, -0.2) is 0 Å². The molecule has 2 heteroatoms. The molecule has 0 spiro atoms. The van der Waals surface area contributed by atoms with E-state index in [1.165, 1.54) is 45.2 Å². The number of thiol groups is 1. The molecule has 0 N–H and O–H groups in total. The van der Waals surface area contributed by atoms with Crippen molar-refractivity contribution in [1.82, 2.24) is 4.90 Å². The summed E-state index contributed by atoms with van der Waals surface area (Å²) < 4.78 is 0. The summed E-state index contributed by atoms with van der Waals surface area (Å²) >= 11 is 4.63. The molecule has 0 aromatic rings. The average Bonchev–Trinajstić information content (AvgIpc) is 2.27. The number of hydrogen-bond donors (Lipinski definition) is 1. The highest BCUT2D eigenvalue weighted by molar-refractivity contribution is 7.80. The van der Waals surface area contributed by atoms with Gasteiger partial charge in [0, 0.05) is 6.54 Å². The van der Waals surface area contributed by atoms with E-state index in [0.29, 0.717) is 5.41 Å². The lowest BCUT2D eigenvalue weighted by molar-refractivity contribution is 0.165. The van der Waals surface area contributed by atoms with Crippen molar-refractivity contribution >= 4 is 12.6 Å². The Kier molecular flexibility index (Phi) is 9.44. The molecule has 0 rings (SSSR count). The highest BCUT2D eigenvalue weighted by Gasteiger charge is 2.28. The third kappa shape index (κ3) is 7.35. The normalized spacial score (nSPS) is 12.7. The molecule has 1 nitrogen and oxygen atoms in total. The van der Waals surface area contributed by atoms with Gasteiger partial charge in [0.25, 0.3) is 0 Å². The Balaban J connectivity index is 4.29. The molecule has 0 bridgehead atoms. The molecule has 0 aromatic heterocycles. The predicted octanol–water partition coefficient (Wildman–Crippen LogP) is 4.48. The van der Waals surface area contributed by atoms with E-state index in [1.54, 1.807) is 0 Å². The molecule has 0 aliphatic heterocycles. The van der Waals surface area contributed by atoms with Gasteiger partial charge in [-0.05, 0) is 49.9 Å². The molecule has 0 unspecified atom stereocenters. The summed E-state index contributed by atoms with van der Waals surface area (Å²) in [7, 11) is 2.27. The van der Waals surface area contributed by atoms with Crippen molar-refractivity contribution in [3.63, 3.8) is 0 Å². The second-order valence-corrected chi connectivity index (χ2v) is 6.39. The minimum absolute atomic E-state index is 0.443. The molecule has 17 heavy (non-hydrogen) atoms. The second kappa shape index (κ2) is 9.27. The van der Waals surface area contributed by atoms with E-state index in [2.05, 4.69) is 52.3 Å². The third-order valence-corrected chi connectivity index (χ3v) is 4.26. The zero-order valence-corrected chi connectivity index (χ0v) is 13.5. The number of rotatable bonds is 10. The average molecular weight is 260 g/mol. The van der Waals surface area contributed by atoms with Crippen molar-refractivity contribution in [1.29, 1.82) is 0 Å².